The zero-order chi connectivity index (χ0) is 13.0. The third kappa shape index (κ3) is 25.2. The number of hydrogen-bond donors (Lipinski definition) is 2. The van der Waals surface area contributed by atoms with Crippen molar-refractivity contribution in [2.45, 2.75) is 6.42 Å². The standard InChI is InChI=1S/C8H16N2O.C3H5NO.ClH/c1-4-8(11)9-6-5-7-10(2)3;1-2-3(4)5;/h4H,1,5-7H2,2-3H3,(H,9,11);2H,1H2,(H2,4,5);1H. The van der Waals surface area contributed by atoms with Crippen LogP contribution in [0.3, 0.4) is 0 Å². The molecular weight excluding hydrogens is 242 g/mol. The third-order valence-electron chi connectivity index (χ3n) is 1.47. The van der Waals surface area contributed by atoms with Crippen molar-refractivity contribution >= 4 is 24.2 Å². The molecule has 2 amide bonds. The summed E-state index contributed by atoms with van der Waals surface area (Å²) < 4.78 is 0. The Morgan fingerprint density at radius 2 is 1.76 bits per heavy atom. The van der Waals surface area contributed by atoms with Gasteiger partial charge in [0.1, 0.15) is 0 Å². The van der Waals surface area contributed by atoms with Crippen molar-refractivity contribution in [1.29, 1.82) is 0 Å². The van der Waals surface area contributed by atoms with E-state index in [1.807, 2.05) is 14.1 Å². The smallest absolute Gasteiger partial charge is 0.243 e. The SMILES string of the molecule is C=CC(=O)NCCCN(C)C.C=CC(N)=O.Cl. The van der Waals surface area contributed by atoms with E-state index in [-0.39, 0.29) is 18.3 Å². The molecule has 17 heavy (non-hydrogen) atoms. The number of nitrogens with two attached hydrogens (primary N) is 1. The van der Waals surface area contributed by atoms with E-state index < -0.39 is 5.91 Å². The van der Waals surface area contributed by atoms with Crippen LogP contribution in [-0.4, -0.2) is 43.9 Å². The van der Waals surface area contributed by atoms with Gasteiger partial charge in [-0.25, -0.2) is 0 Å². The Morgan fingerprint density at radius 1 is 1.29 bits per heavy atom. The monoisotopic (exact) mass is 263 g/mol. The Morgan fingerprint density at radius 3 is 2.06 bits per heavy atom. The highest BCUT2D eigenvalue weighted by atomic mass is 35.5. The number of rotatable bonds is 6. The van der Waals surface area contributed by atoms with Gasteiger partial charge in [-0.15, -0.1) is 12.4 Å². The molecule has 0 aromatic carbocycles. The lowest BCUT2D eigenvalue weighted by molar-refractivity contribution is -0.116. The van der Waals surface area contributed by atoms with E-state index in [0.717, 1.165) is 25.6 Å². The van der Waals surface area contributed by atoms with E-state index in [1.54, 1.807) is 0 Å². The van der Waals surface area contributed by atoms with Crippen molar-refractivity contribution in [3.63, 3.8) is 0 Å². The van der Waals surface area contributed by atoms with Gasteiger partial charge in [-0.3, -0.25) is 9.59 Å². The van der Waals surface area contributed by atoms with E-state index in [0.29, 0.717) is 0 Å². The van der Waals surface area contributed by atoms with Crippen LogP contribution < -0.4 is 11.1 Å². The Labute approximate surface area is 109 Å². The fourth-order valence-electron chi connectivity index (χ4n) is 0.679. The van der Waals surface area contributed by atoms with Crippen LogP contribution >= 0.6 is 12.4 Å². The molecule has 0 aliphatic rings. The highest BCUT2D eigenvalue weighted by molar-refractivity contribution is 5.86. The second-order valence-electron chi connectivity index (χ2n) is 3.26. The molecule has 0 saturated carbocycles. The van der Waals surface area contributed by atoms with Gasteiger partial charge in [0.25, 0.3) is 0 Å². The molecule has 0 unspecified atom stereocenters. The first-order valence-electron chi connectivity index (χ1n) is 4.90. The fourth-order valence-corrected chi connectivity index (χ4v) is 0.679. The second-order valence-corrected chi connectivity index (χ2v) is 3.26. The molecule has 0 fully saturated rings. The number of nitrogens with one attached hydrogen (secondary N) is 1. The molecule has 3 N–H and O–H groups in total. The maximum Gasteiger partial charge on any atom is 0.243 e. The lowest BCUT2D eigenvalue weighted by Gasteiger charge is -2.08. The summed E-state index contributed by atoms with van der Waals surface area (Å²) >= 11 is 0. The Bertz CT molecular complexity index is 243. The molecule has 5 nitrogen and oxygen atoms in total. The largest absolute Gasteiger partial charge is 0.366 e. The lowest BCUT2D eigenvalue weighted by atomic mass is 10.4. The quantitative estimate of drug-likeness (QED) is 0.535. The van der Waals surface area contributed by atoms with Crippen molar-refractivity contribution in [3.8, 4) is 0 Å². The maximum absolute atomic E-state index is 10.6. The van der Waals surface area contributed by atoms with E-state index in [2.05, 4.69) is 29.1 Å². The van der Waals surface area contributed by atoms with Crippen LogP contribution in [0.25, 0.3) is 0 Å². The van der Waals surface area contributed by atoms with Gasteiger partial charge in [-0.2, -0.15) is 0 Å². The predicted molar refractivity (Wildman–Crippen MR) is 73.0 cm³/mol. The molecule has 0 saturated heterocycles. The molecule has 6 heteroatoms. The minimum absolute atomic E-state index is 0. The number of hydrogen-bond acceptors (Lipinski definition) is 3. The average molecular weight is 264 g/mol. The number of nitrogens with zero attached hydrogens (tertiary/aromatic N) is 1. The molecule has 0 bridgehead atoms. The van der Waals surface area contributed by atoms with E-state index in [1.165, 1.54) is 6.08 Å². The molecule has 100 valence electrons. The van der Waals surface area contributed by atoms with Crippen LogP contribution in [0.4, 0.5) is 0 Å². The topological polar surface area (TPSA) is 75.4 Å². The first-order valence-corrected chi connectivity index (χ1v) is 4.90. The van der Waals surface area contributed by atoms with Gasteiger partial charge in [0.05, 0.1) is 0 Å². The third-order valence-corrected chi connectivity index (χ3v) is 1.47. The average Bonchev–Trinajstić information content (AvgIpc) is 2.24. The van der Waals surface area contributed by atoms with E-state index in [4.69, 9.17) is 0 Å². The minimum atomic E-state index is -0.481. The van der Waals surface area contributed by atoms with Crippen LogP contribution in [-0.2, 0) is 9.59 Å². The minimum Gasteiger partial charge on any atom is -0.366 e. The number of carbonyl (C=O) groups excluding carboxylic acids is 2. The van der Waals surface area contributed by atoms with Gasteiger partial charge in [-0.05, 0) is 39.2 Å². The maximum atomic E-state index is 10.6. The fraction of sp³-hybridized carbons (Fsp3) is 0.455. The molecule has 0 atom stereocenters. The van der Waals surface area contributed by atoms with E-state index in [9.17, 15) is 9.59 Å². The van der Waals surface area contributed by atoms with Crippen LogP contribution in [0.1, 0.15) is 6.42 Å². The highest BCUT2D eigenvalue weighted by Crippen LogP contribution is 1.80. The summed E-state index contributed by atoms with van der Waals surface area (Å²) in [5.74, 6) is -0.575. The van der Waals surface area contributed by atoms with Gasteiger partial charge in [0.2, 0.25) is 11.8 Å². The number of primary amides is 1. The van der Waals surface area contributed by atoms with Gasteiger partial charge in [-0.1, -0.05) is 13.2 Å². The molecule has 0 aromatic rings. The highest BCUT2D eigenvalue weighted by Gasteiger charge is 1.92. The Hall–Kier alpha value is -1.33. The molecule has 0 radical (unpaired) electrons. The normalized spacial score (nSPS) is 8.18. The molecule has 0 rings (SSSR count). The molecule has 0 heterocycles. The predicted octanol–water partition coefficient (Wildman–Crippen LogP) is 0.320. The molecule has 0 aliphatic heterocycles. The summed E-state index contributed by atoms with van der Waals surface area (Å²) in [5, 5.41) is 2.70. The number of amides is 2. The molecule has 0 aliphatic carbocycles. The summed E-state index contributed by atoms with van der Waals surface area (Å²) in [7, 11) is 4.02. The van der Waals surface area contributed by atoms with Crippen molar-refractivity contribution in [1.82, 2.24) is 10.2 Å². The van der Waals surface area contributed by atoms with Crippen LogP contribution in [0.2, 0.25) is 0 Å². The number of halogens is 1. The Kier molecular flexibility index (Phi) is 18.1. The molecule has 0 aromatic heterocycles. The van der Waals surface area contributed by atoms with Crippen molar-refractivity contribution in [3.05, 3.63) is 25.3 Å². The zero-order valence-electron chi connectivity index (χ0n) is 10.4. The summed E-state index contributed by atoms with van der Waals surface area (Å²) in [4.78, 5) is 22.2. The van der Waals surface area contributed by atoms with Crippen LogP contribution in [0, 0.1) is 0 Å². The lowest BCUT2D eigenvalue weighted by Crippen LogP contribution is -2.25. The van der Waals surface area contributed by atoms with Gasteiger partial charge < -0.3 is 16.0 Å². The molecular formula is C11H22ClN3O2. The summed E-state index contributed by atoms with van der Waals surface area (Å²) in [6.45, 7) is 8.16. The Balaban J connectivity index is -0.000000280. The van der Waals surface area contributed by atoms with Gasteiger partial charge in [0.15, 0.2) is 0 Å². The van der Waals surface area contributed by atoms with Crippen LogP contribution in [0.15, 0.2) is 25.3 Å². The van der Waals surface area contributed by atoms with Crippen molar-refractivity contribution < 1.29 is 9.59 Å². The first-order chi connectivity index (χ1) is 7.43. The summed E-state index contributed by atoms with van der Waals surface area (Å²) in [6.07, 6.45) is 3.32. The second kappa shape index (κ2) is 14.7. The first kappa shape index (κ1) is 21.0. The summed E-state index contributed by atoms with van der Waals surface area (Å²) in [6, 6.07) is 0. The zero-order valence-corrected chi connectivity index (χ0v) is 11.3. The van der Waals surface area contributed by atoms with E-state index >= 15 is 0 Å². The van der Waals surface area contributed by atoms with Gasteiger partial charge >= 0.3 is 0 Å². The summed E-state index contributed by atoms with van der Waals surface area (Å²) in [5.41, 5.74) is 4.53. The van der Waals surface area contributed by atoms with Gasteiger partial charge in [0, 0.05) is 6.54 Å². The molecule has 0 spiro atoms. The van der Waals surface area contributed by atoms with Crippen LogP contribution in [0.5, 0.6) is 0 Å². The number of carbonyl (C=O) groups is 2. The van der Waals surface area contributed by atoms with Crippen molar-refractivity contribution in [2.75, 3.05) is 27.2 Å². The van der Waals surface area contributed by atoms with Crippen molar-refractivity contribution in [2.24, 2.45) is 5.73 Å².